The molecular formula is C22H17N3O3S. The molecule has 1 amide bonds. The lowest BCUT2D eigenvalue weighted by Crippen LogP contribution is -2.29. The summed E-state index contributed by atoms with van der Waals surface area (Å²) in [5, 5.41) is 8.85. The predicted molar refractivity (Wildman–Crippen MR) is 112 cm³/mol. The van der Waals surface area contributed by atoms with Gasteiger partial charge in [0.05, 0.1) is 17.0 Å². The Bertz CT molecular complexity index is 1280. The first kappa shape index (κ1) is 17.8. The van der Waals surface area contributed by atoms with Crippen molar-refractivity contribution in [3.05, 3.63) is 86.7 Å². The van der Waals surface area contributed by atoms with Gasteiger partial charge in [-0.15, -0.1) is 10.2 Å². The molecule has 7 heteroatoms. The van der Waals surface area contributed by atoms with Crippen LogP contribution in [-0.4, -0.2) is 16.1 Å². The van der Waals surface area contributed by atoms with Gasteiger partial charge in [0.15, 0.2) is 5.43 Å². The van der Waals surface area contributed by atoms with Crippen LogP contribution in [0.15, 0.2) is 63.3 Å². The lowest BCUT2D eigenvalue weighted by Gasteiger charge is -2.22. The van der Waals surface area contributed by atoms with Crippen LogP contribution in [0, 0.1) is 0 Å². The molecule has 2 aromatic carbocycles. The molecule has 0 fully saturated rings. The molecule has 0 bridgehead atoms. The molecule has 5 rings (SSSR count). The molecule has 0 saturated heterocycles. The van der Waals surface area contributed by atoms with Crippen LogP contribution < -0.4 is 10.3 Å². The third-order valence-corrected chi connectivity index (χ3v) is 5.94. The summed E-state index contributed by atoms with van der Waals surface area (Å²) in [6.45, 7) is 4.25. The van der Waals surface area contributed by atoms with Crippen molar-refractivity contribution in [2.75, 3.05) is 4.90 Å². The second-order valence-corrected chi connectivity index (χ2v) is 8.10. The van der Waals surface area contributed by atoms with Crippen LogP contribution in [0.1, 0.15) is 53.1 Å². The van der Waals surface area contributed by atoms with Crippen molar-refractivity contribution in [1.29, 1.82) is 0 Å². The molecular weight excluding hydrogens is 386 g/mol. The number of hydrogen-bond acceptors (Lipinski definition) is 6. The molecule has 0 N–H and O–H groups in total. The fourth-order valence-corrected chi connectivity index (χ4v) is 4.35. The van der Waals surface area contributed by atoms with Crippen LogP contribution >= 0.6 is 11.3 Å². The third kappa shape index (κ3) is 2.69. The summed E-state index contributed by atoms with van der Waals surface area (Å²) in [6.07, 6.45) is 0. The second kappa shape index (κ2) is 6.63. The molecule has 0 radical (unpaired) electrons. The maximum absolute atomic E-state index is 13.4. The average molecular weight is 403 g/mol. The topological polar surface area (TPSA) is 76.3 Å². The molecule has 4 aromatic rings. The van der Waals surface area contributed by atoms with Gasteiger partial charge in [-0.25, -0.2) is 0 Å². The molecule has 3 heterocycles. The number of amides is 1. The molecule has 0 unspecified atom stereocenters. The van der Waals surface area contributed by atoms with Crippen LogP contribution in [0.25, 0.3) is 11.0 Å². The zero-order valence-electron chi connectivity index (χ0n) is 15.8. The monoisotopic (exact) mass is 403 g/mol. The highest BCUT2D eigenvalue weighted by Gasteiger charge is 2.44. The predicted octanol–water partition coefficient (Wildman–Crippen LogP) is 4.52. The van der Waals surface area contributed by atoms with E-state index in [0.29, 0.717) is 27.6 Å². The number of benzene rings is 2. The Morgan fingerprint density at radius 2 is 1.83 bits per heavy atom. The van der Waals surface area contributed by atoms with Crippen LogP contribution in [-0.2, 0) is 0 Å². The average Bonchev–Trinajstić information content (AvgIpc) is 3.35. The highest BCUT2D eigenvalue weighted by molar-refractivity contribution is 7.13. The molecule has 144 valence electrons. The standard InChI is InChI=1S/C22H17N3O3S/c1-12(2)13-7-9-14(10-8-13)18-17-19(26)15-5-3-4-6-16(15)28-20(17)21(27)25(18)22-24-23-11-29-22/h3-12,18H,1-2H3/t18-/m1/s1. The number of rotatable bonds is 3. The fourth-order valence-electron chi connectivity index (χ4n) is 3.77. The minimum atomic E-state index is -0.604. The van der Waals surface area contributed by atoms with E-state index >= 15 is 0 Å². The van der Waals surface area contributed by atoms with Crippen molar-refractivity contribution < 1.29 is 9.21 Å². The van der Waals surface area contributed by atoms with E-state index in [-0.39, 0.29) is 17.1 Å². The van der Waals surface area contributed by atoms with Crippen molar-refractivity contribution in [2.24, 2.45) is 0 Å². The van der Waals surface area contributed by atoms with Gasteiger partial charge in [0.2, 0.25) is 10.9 Å². The van der Waals surface area contributed by atoms with Gasteiger partial charge >= 0.3 is 0 Å². The number of carbonyl (C=O) groups excluding carboxylic acids is 1. The smallest absolute Gasteiger partial charge is 0.297 e. The van der Waals surface area contributed by atoms with Gasteiger partial charge in [0.25, 0.3) is 5.91 Å². The quantitative estimate of drug-likeness (QED) is 0.503. The van der Waals surface area contributed by atoms with Gasteiger partial charge in [-0.2, -0.15) is 0 Å². The maximum Gasteiger partial charge on any atom is 0.297 e. The van der Waals surface area contributed by atoms with E-state index in [1.54, 1.807) is 29.8 Å². The lowest BCUT2D eigenvalue weighted by atomic mass is 9.95. The highest BCUT2D eigenvalue weighted by atomic mass is 32.1. The lowest BCUT2D eigenvalue weighted by molar-refractivity contribution is 0.0970. The van der Waals surface area contributed by atoms with Crippen LogP contribution in [0.3, 0.4) is 0 Å². The van der Waals surface area contributed by atoms with Gasteiger partial charge in [-0.3, -0.25) is 14.5 Å². The SMILES string of the molecule is CC(C)c1ccc([C@@H]2c3c(oc4ccccc4c3=O)C(=O)N2c2nncs2)cc1. The van der Waals surface area contributed by atoms with Crippen molar-refractivity contribution in [3.8, 4) is 0 Å². The molecule has 1 aliphatic rings. The van der Waals surface area contributed by atoms with Gasteiger partial charge in [-0.1, -0.05) is 61.6 Å². The van der Waals surface area contributed by atoms with E-state index in [0.717, 1.165) is 5.56 Å². The number of para-hydroxylation sites is 1. The van der Waals surface area contributed by atoms with Gasteiger partial charge in [0.1, 0.15) is 11.1 Å². The second-order valence-electron chi connectivity index (χ2n) is 7.29. The summed E-state index contributed by atoms with van der Waals surface area (Å²) >= 11 is 1.25. The van der Waals surface area contributed by atoms with Gasteiger partial charge in [-0.05, 0) is 29.2 Å². The maximum atomic E-state index is 13.4. The summed E-state index contributed by atoms with van der Waals surface area (Å²) in [5.41, 5.74) is 4.14. The fraction of sp³-hybridized carbons (Fsp3) is 0.182. The summed E-state index contributed by atoms with van der Waals surface area (Å²) in [6, 6.07) is 14.4. The normalized spacial score (nSPS) is 16.0. The Kier molecular flexibility index (Phi) is 4.06. The number of nitrogens with zero attached hydrogens (tertiary/aromatic N) is 3. The van der Waals surface area contributed by atoms with Crippen LogP contribution in [0.2, 0.25) is 0 Å². The Morgan fingerprint density at radius 1 is 1.07 bits per heavy atom. The minimum absolute atomic E-state index is 0.0711. The van der Waals surface area contributed by atoms with Crippen molar-refractivity contribution >= 4 is 33.3 Å². The first-order valence-corrected chi connectivity index (χ1v) is 10.2. The molecule has 0 saturated carbocycles. The number of fused-ring (bicyclic) bond motifs is 2. The summed E-state index contributed by atoms with van der Waals surface area (Å²) in [5.74, 6) is 0.0780. The van der Waals surface area contributed by atoms with E-state index in [1.165, 1.54) is 21.8 Å². The molecule has 29 heavy (non-hydrogen) atoms. The number of aromatic nitrogens is 2. The van der Waals surface area contributed by atoms with Crippen molar-refractivity contribution in [3.63, 3.8) is 0 Å². The molecule has 1 aliphatic heterocycles. The Morgan fingerprint density at radius 3 is 2.52 bits per heavy atom. The Hall–Kier alpha value is -3.32. The first-order chi connectivity index (χ1) is 14.1. The molecule has 0 spiro atoms. The number of anilines is 1. The summed E-state index contributed by atoms with van der Waals surface area (Å²) < 4.78 is 5.90. The zero-order chi connectivity index (χ0) is 20.1. The molecule has 2 aromatic heterocycles. The third-order valence-electron chi connectivity index (χ3n) is 5.25. The van der Waals surface area contributed by atoms with Crippen molar-refractivity contribution in [1.82, 2.24) is 10.2 Å². The van der Waals surface area contributed by atoms with E-state index in [9.17, 15) is 9.59 Å². The van der Waals surface area contributed by atoms with E-state index in [1.807, 2.05) is 24.3 Å². The van der Waals surface area contributed by atoms with Crippen LogP contribution in [0.4, 0.5) is 5.13 Å². The largest absolute Gasteiger partial charge is 0.450 e. The first-order valence-electron chi connectivity index (χ1n) is 9.31. The number of carbonyl (C=O) groups is 1. The van der Waals surface area contributed by atoms with E-state index < -0.39 is 6.04 Å². The van der Waals surface area contributed by atoms with Crippen LogP contribution in [0.5, 0.6) is 0 Å². The van der Waals surface area contributed by atoms with E-state index in [2.05, 4.69) is 24.0 Å². The van der Waals surface area contributed by atoms with Gasteiger partial charge in [0, 0.05) is 0 Å². The molecule has 1 atom stereocenters. The molecule has 0 aliphatic carbocycles. The van der Waals surface area contributed by atoms with E-state index in [4.69, 9.17) is 4.42 Å². The summed E-state index contributed by atoms with van der Waals surface area (Å²) in [7, 11) is 0. The zero-order valence-corrected chi connectivity index (χ0v) is 16.6. The highest BCUT2D eigenvalue weighted by Crippen LogP contribution is 2.41. The molecule has 6 nitrogen and oxygen atoms in total. The van der Waals surface area contributed by atoms with Crippen molar-refractivity contribution in [2.45, 2.75) is 25.8 Å². The summed E-state index contributed by atoms with van der Waals surface area (Å²) in [4.78, 5) is 28.2. The minimum Gasteiger partial charge on any atom is -0.450 e. The number of hydrogen-bond donors (Lipinski definition) is 0. The van der Waals surface area contributed by atoms with Gasteiger partial charge < -0.3 is 4.42 Å². The Balaban J connectivity index is 1.77. The Labute approximate surface area is 170 Å².